The Kier molecular flexibility index (Phi) is 3.73. The third kappa shape index (κ3) is 2.87. The van der Waals surface area contributed by atoms with Crippen LogP contribution in [0.5, 0.6) is 0 Å². The number of H-pyrrole nitrogens is 1. The van der Waals surface area contributed by atoms with Crippen LogP contribution >= 0.6 is 11.3 Å². The molecule has 0 atom stereocenters. The zero-order chi connectivity index (χ0) is 17.8. The van der Waals surface area contributed by atoms with Crippen molar-refractivity contribution in [1.82, 2.24) is 14.9 Å². The number of amides is 1. The van der Waals surface area contributed by atoms with Crippen LogP contribution in [0.15, 0.2) is 24.3 Å². The Morgan fingerprint density at radius 3 is 2.92 bits per heavy atom. The van der Waals surface area contributed by atoms with Crippen LogP contribution in [0.2, 0.25) is 19.6 Å². The monoisotopic (exact) mass is 370 g/mol. The zero-order valence-electron chi connectivity index (χ0n) is 14.7. The van der Waals surface area contributed by atoms with Gasteiger partial charge >= 0.3 is 0 Å². The molecule has 25 heavy (non-hydrogen) atoms. The Morgan fingerprint density at radius 1 is 1.36 bits per heavy atom. The first-order valence-electron chi connectivity index (χ1n) is 8.48. The summed E-state index contributed by atoms with van der Waals surface area (Å²) < 4.78 is 0. The predicted molar refractivity (Wildman–Crippen MR) is 106 cm³/mol. The number of nitrogens with one attached hydrogen (secondary N) is 1. The molecule has 0 saturated carbocycles. The molecule has 3 heterocycles. The number of hydrogen-bond donors (Lipinski definition) is 2. The smallest absolute Gasteiger partial charge is 0.270 e. The molecule has 1 aromatic carbocycles. The molecule has 1 aliphatic heterocycles. The number of carbonyl (C=O) groups excluding carboxylic acids is 1. The summed E-state index contributed by atoms with van der Waals surface area (Å²) in [5, 5.41) is 3.16. The summed E-state index contributed by atoms with van der Waals surface area (Å²) in [5.41, 5.74) is 8.56. The summed E-state index contributed by atoms with van der Waals surface area (Å²) in [6.07, 6.45) is 0.773. The van der Waals surface area contributed by atoms with Gasteiger partial charge in [-0.3, -0.25) is 4.79 Å². The SMILES string of the molecule is C[Si](C)(C)c1cccc2[nH]c(C(=O)N3CCc4nc(N)sc4C3)cc12. The minimum Gasteiger partial charge on any atom is -0.375 e. The Labute approximate surface area is 151 Å². The van der Waals surface area contributed by atoms with Gasteiger partial charge in [-0.25, -0.2) is 4.98 Å². The highest BCUT2D eigenvalue weighted by Crippen LogP contribution is 2.27. The summed E-state index contributed by atoms with van der Waals surface area (Å²) in [7, 11) is -1.47. The van der Waals surface area contributed by atoms with Gasteiger partial charge in [-0.05, 0) is 17.5 Å². The van der Waals surface area contributed by atoms with Crippen molar-refractivity contribution in [2.45, 2.75) is 32.6 Å². The van der Waals surface area contributed by atoms with Crippen molar-refractivity contribution in [2.75, 3.05) is 12.3 Å². The first-order valence-corrected chi connectivity index (χ1v) is 12.8. The van der Waals surface area contributed by atoms with Crippen LogP contribution in [-0.2, 0) is 13.0 Å². The number of nitrogen functional groups attached to an aromatic ring is 1. The molecule has 7 heteroatoms. The largest absolute Gasteiger partial charge is 0.375 e. The molecular weight excluding hydrogens is 348 g/mol. The summed E-state index contributed by atoms with van der Waals surface area (Å²) >= 11 is 1.49. The number of thiazole rings is 1. The van der Waals surface area contributed by atoms with Crippen molar-refractivity contribution in [3.05, 3.63) is 40.5 Å². The lowest BCUT2D eigenvalue weighted by Gasteiger charge is -2.25. The van der Waals surface area contributed by atoms with E-state index in [-0.39, 0.29) is 5.91 Å². The molecule has 0 fully saturated rings. The predicted octanol–water partition coefficient (Wildman–Crippen LogP) is 2.95. The second-order valence-corrected chi connectivity index (χ2v) is 13.8. The molecule has 3 N–H and O–H groups in total. The van der Waals surface area contributed by atoms with Gasteiger partial charge in [-0.1, -0.05) is 37.0 Å². The van der Waals surface area contributed by atoms with Crippen LogP contribution < -0.4 is 10.9 Å². The third-order valence-corrected chi connectivity index (χ3v) is 7.70. The van der Waals surface area contributed by atoms with Gasteiger partial charge in [0.2, 0.25) is 0 Å². The van der Waals surface area contributed by atoms with E-state index in [4.69, 9.17) is 5.73 Å². The van der Waals surface area contributed by atoms with Crippen molar-refractivity contribution in [3.63, 3.8) is 0 Å². The Balaban J connectivity index is 1.67. The van der Waals surface area contributed by atoms with Crippen molar-refractivity contribution < 1.29 is 4.79 Å². The molecule has 130 valence electrons. The second-order valence-electron chi connectivity index (χ2n) is 7.60. The molecule has 1 aliphatic rings. The Bertz CT molecular complexity index is 969. The Morgan fingerprint density at radius 2 is 2.16 bits per heavy atom. The van der Waals surface area contributed by atoms with Gasteiger partial charge in [0.15, 0.2) is 5.13 Å². The van der Waals surface area contributed by atoms with E-state index in [0.717, 1.165) is 22.5 Å². The lowest BCUT2D eigenvalue weighted by molar-refractivity contribution is 0.0731. The third-order valence-electron chi connectivity index (χ3n) is 4.74. The molecule has 5 nitrogen and oxygen atoms in total. The van der Waals surface area contributed by atoms with Gasteiger partial charge in [-0.2, -0.15) is 0 Å². The van der Waals surface area contributed by atoms with Crippen molar-refractivity contribution >= 4 is 46.5 Å². The lowest BCUT2D eigenvalue weighted by atomic mass is 10.1. The van der Waals surface area contributed by atoms with Gasteiger partial charge in [0.25, 0.3) is 5.91 Å². The average molecular weight is 371 g/mol. The first kappa shape index (κ1) is 16.4. The molecule has 2 aromatic heterocycles. The van der Waals surface area contributed by atoms with E-state index in [1.807, 2.05) is 17.0 Å². The molecule has 4 rings (SSSR count). The van der Waals surface area contributed by atoms with E-state index in [2.05, 4.69) is 41.7 Å². The topological polar surface area (TPSA) is 75.0 Å². The van der Waals surface area contributed by atoms with E-state index >= 15 is 0 Å². The van der Waals surface area contributed by atoms with Crippen LogP contribution in [0.4, 0.5) is 5.13 Å². The molecule has 3 aromatic rings. The highest BCUT2D eigenvalue weighted by molar-refractivity contribution is 7.15. The summed E-state index contributed by atoms with van der Waals surface area (Å²) in [6.45, 7) is 8.27. The van der Waals surface area contributed by atoms with E-state index < -0.39 is 8.07 Å². The molecule has 0 spiro atoms. The fourth-order valence-corrected chi connectivity index (χ4v) is 5.99. The van der Waals surface area contributed by atoms with Crippen LogP contribution in [0.25, 0.3) is 10.9 Å². The Hall–Kier alpha value is -2.12. The number of aromatic nitrogens is 2. The highest BCUT2D eigenvalue weighted by atomic mass is 32.1. The number of hydrogen-bond acceptors (Lipinski definition) is 4. The van der Waals surface area contributed by atoms with E-state index in [1.54, 1.807) is 0 Å². The highest BCUT2D eigenvalue weighted by Gasteiger charge is 2.26. The van der Waals surface area contributed by atoms with Gasteiger partial charge in [-0.15, -0.1) is 11.3 Å². The summed E-state index contributed by atoms with van der Waals surface area (Å²) in [5.74, 6) is 0.0512. The number of carbonyl (C=O) groups is 1. The van der Waals surface area contributed by atoms with E-state index in [1.165, 1.54) is 21.9 Å². The standard InChI is InChI=1S/C18H22N4OSSi/c1-25(2,3)16-6-4-5-12-11(16)9-14(20-12)17(23)22-8-7-13-15(10-22)24-18(19)21-13/h4-6,9,20H,7-8,10H2,1-3H3,(H2,19,21). The quantitative estimate of drug-likeness (QED) is 0.681. The fraction of sp³-hybridized carbons (Fsp3) is 0.333. The number of fused-ring (bicyclic) bond motifs is 2. The van der Waals surface area contributed by atoms with Crippen LogP contribution in [0.1, 0.15) is 21.1 Å². The van der Waals surface area contributed by atoms with Gasteiger partial charge < -0.3 is 15.6 Å². The maximum atomic E-state index is 13.0. The average Bonchev–Trinajstić information content (AvgIpc) is 3.13. The number of rotatable bonds is 2. The molecule has 0 radical (unpaired) electrons. The molecule has 1 amide bonds. The van der Waals surface area contributed by atoms with Crippen LogP contribution in [-0.4, -0.2) is 35.4 Å². The maximum Gasteiger partial charge on any atom is 0.270 e. The number of nitrogens with zero attached hydrogens (tertiary/aromatic N) is 2. The van der Waals surface area contributed by atoms with Gasteiger partial charge in [0, 0.05) is 23.4 Å². The number of aromatic amines is 1. The fourth-order valence-electron chi connectivity index (χ4n) is 3.48. The van der Waals surface area contributed by atoms with Gasteiger partial charge in [0.05, 0.1) is 20.3 Å². The number of anilines is 1. The van der Waals surface area contributed by atoms with Crippen LogP contribution in [0.3, 0.4) is 0 Å². The maximum absolute atomic E-state index is 13.0. The van der Waals surface area contributed by atoms with Gasteiger partial charge in [0.1, 0.15) is 5.69 Å². The molecule has 0 bridgehead atoms. The van der Waals surface area contributed by atoms with E-state index in [0.29, 0.717) is 23.9 Å². The number of nitrogens with two attached hydrogens (primary N) is 1. The molecule has 0 unspecified atom stereocenters. The zero-order valence-corrected chi connectivity index (χ0v) is 16.5. The second kappa shape index (κ2) is 5.71. The molecule has 0 saturated heterocycles. The minimum absolute atomic E-state index is 0.0512. The first-order chi connectivity index (χ1) is 11.8. The summed E-state index contributed by atoms with van der Waals surface area (Å²) in [4.78, 5) is 23.7. The number of benzene rings is 1. The molecule has 0 aliphatic carbocycles. The van der Waals surface area contributed by atoms with E-state index in [9.17, 15) is 4.79 Å². The van der Waals surface area contributed by atoms with Crippen molar-refractivity contribution in [3.8, 4) is 0 Å². The normalized spacial score (nSPS) is 14.8. The van der Waals surface area contributed by atoms with Crippen LogP contribution in [0, 0.1) is 0 Å². The van der Waals surface area contributed by atoms with Crippen molar-refractivity contribution in [1.29, 1.82) is 0 Å². The van der Waals surface area contributed by atoms with Crippen molar-refractivity contribution in [2.24, 2.45) is 0 Å². The lowest BCUT2D eigenvalue weighted by Crippen LogP contribution is -2.37. The summed E-state index contributed by atoms with van der Waals surface area (Å²) in [6, 6.07) is 8.35. The molecular formula is C18H22N4OSSi. The minimum atomic E-state index is -1.47.